The van der Waals surface area contributed by atoms with Crippen LogP contribution in [0.1, 0.15) is 12.8 Å². The first-order valence-corrected chi connectivity index (χ1v) is 8.92. The van der Waals surface area contributed by atoms with Crippen molar-refractivity contribution in [3.05, 3.63) is 28.7 Å². The second-order valence-corrected chi connectivity index (χ2v) is 8.07. The normalized spacial score (nSPS) is 23.2. The summed E-state index contributed by atoms with van der Waals surface area (Å²) in [6.07, 6.45) is 1.35. The van der Waals surface area contributed by atoms with E-state index in [1.165, 1.54) is 0 Å². The molecule has 1 aromatic carbocycles. The molecule has 0 radical (unpaired) electrons. The van der Waals surface area contributed by atoms with Gasteiger partial charge in [-0.25, -0.2) is 8.42 Å². The summed E-state index contributed by atoms with van der Waals surface area (Å²) in [7, 11) is -2.85. The van der Waals surface area contributed by atoms with Crippen LogP contribution >= 0.6 is 15.9 Å². The van der Waals surface area contributed by atoms with Gasteiger partial charge in [-0.05, 0) is 37.0 Å². The van der Waals surface area contributed by atoms with Crippen LogP contribution in [-0.4, -0.2) is 32.6 Å². The van der Waals surface area contributed by atoms with Crippen molar-refractivity contribution in [3.8, 4) is 5.75 Å². The molecule has 0 spiro atoms. The minimum absolute atomic E-state index is 0.0797. The van der Waals surface area contributed by atoms with Crippen LogP contribution in [0.5, 0.6) is 5.75 Å². The van der Waals surface area contributed by atoms with Crippen molar-refractivity contribution in [3.63, 3.8) is 0 Å². The molecule has 0 saturated carbocycles. The molecular formula is C13H18BrNO3S. The van der Waals surface area contributed by atoms with Crippen molar-refractivity contribution in [2.24, 2.45) is 11.7 Å². The number of hydrogen-bond acceptors (Lipinski definition) is 4. The molecular weight excluding hydrogens is 330 g/mol. The summed E-state index contributed by atoms with van der Waals surface area (Å²) in [4.78, 5) is 0. The van der Waals surface area contributed by atoms with E-state index in [9.17, 15) is 8.42 Å². The van der Waals surface area contributed by atoms with Gasteiger partial charge in [0, 0.05) is 10.5 Å². The highest BCUT2D eigenvalue weighted by Gasteiger charge is 2.31. The minimum atomic E-state index is -2.85. The number of rotatable bonds is 5. The van der Waals surface area contributed by atoms with E-state index in [2.05, 4.69) is 15.9 Å². The highest BCUT2D eigenvalue weighted by molar-refractivity contribution is 9.10. The van der Waals surface area contributed by atoms with Crippen molar-refractivity contribution >= 4 is 25.8 Å². The number of halogens is 1. The second kappa shape index (κ2) is 6.24. The zero-order valence-corrected chi connectivity index (χ0v) is 13.0. The summed E-state index contributed by atoms with van der Waals surface area (Å²) >= 11 is 3.38. The Labute approximate surface area is 122 Å². The first-order valence-electron chi connectivity index (χ1n) is 6.31. The average molecular weight is 348 g/mol. The van der Waals surface area contributed by atoms with Crippen molar-refractivity contribution in [1.29, 1.82) is 0 Å². The predicted molar refractivity (Wildman–Crippen MR) is 79.0 cm³/mol. The quantitative estimate of drug-likeness (QED) is 0.883. The van der Waals surface area contributed by atoms with Crippen LogP contribution < -0.4 is 10.5 Å². The smallest absolute Gasteiger partial charge is 0.150 e. The fourth-order valence-electron chi connectivity index (χ4n) is 2.27. The van der Waals surface area contributed by atoms with Crippen LogP contribution in [0.3, 0.4) is 0 Å². The monoisotopic (exact) mass is 347 g/mol. The van der Waals surface area contributed by atoms with E-state index in [1.54, 1.807) is 0 Å². The number of sulfone groups is 1. The Morgan fingerprint density at radius 2 is 2.26 bits per heavy atom. The molecule has 0 amide bonds. The van der Waals surface area contributed by atoms with E-state index in [4.69, 9.17) is 10.5 Å². The van der Waals surface area contributed by atoms with Crippen molar-refractivity contribution in [1.82, 2.24) is 0 Å². The van der Waals surface area contributed by atoms with Gasteiger partial charge in [-0.15, -0.1) is 0 Å². The molecule has 6 heteroatoms. The fraction of sp³-hybridized carbons (Fsp3) is 0.538. The largest absolute Gasteiger partial charge is 0.493 e. The van der Waals surface area contributed by atoms with Gasteiger partial charge in [-0.1, -0.05) is 22.0 Å². The lowest BCUT2D eigenvalue weighted by Crippen LogP contribution is -2.32. The fourth-order valence-corrected chi connectivity index (χ4v) is 4.54. The van der Waals surface area contributed by atoms with Gasteiger partial charge in [0.2, 0.25) is 0 Å². The summed E-state index contributed by atoms with van der Waals surface area (Å²) in [5.74, 6) is 1.37. The number of ether oxygens (including phenoxy) is 1. The molecule has 19 heavy (non-hydrogen) atoms. The van der Waals surface area contributed by atoms with Gasteiger partial charge in [0.1, 0.15) is 5.75 Å². The summed E-state index contributed by atoms with van der Waals surface area (Å²) in [6, 6.07) is 7.51. The molecule has 1 aliphatic rings. The molecule has 1 aromatic rings. The third-order valence-electron chi connectivity index (χ3n) is 3.39. The molecule has 0 aliphatic carbocycles. The third-order valence-corrected chi connectivity index (χ3v) is 5.68. The molecule has 2 rings (SSSR count). The van der Waals surface area contributed by atoms with E-state index in [-0.39, 0.29) is 23.5 Å². The molecule has 1 fully saturated rings. The van der Waals surface area contributed by atoms with Gasteiger partial charge in [-0.2, -0.15) is 0 Å². The lowest BCUT2D eigenvalue weighted by molar-refractivity contribution is 0.279. The van der Waals surface area contributed by atoms with Gasteiger partial charge in [0.05, 0.1) is 18.1 Å². The van der Waals surface area contributed by atoms with Crippen molar-refractivity contribution in [2.45, 2.75) is 18.9 Å². The van der Waals surface area contributed by atoms with Crippen LogP contribution in [0.25, 0.3) is 0 Å². The predicted octanol–water partition coefficient (Wildman–Crippen LogP) is 1.98. The van der Waals surface area contributed by atoms with Gasteiger partial charge < -0.3 is 10.5 Å². The maximum Gasteiger partial charge on any atom is 0.150 e. The molecule has 1 aliphatic heterocycles. The van der Waals surface area contributed by atoms with Gasteiger partial charge >= 0.3 is 0 Å². The summed E-state index contributed by atoms with van der Waals surface area (Å²) < 4.78 is 29.4. The number of hydrogen-bond donors (Lipinski definition) is 1. The molecule has 2 N–H and O–H groups in total. The molecule has 1 saturated heterocycles. The maximum absolute atomic E-state index is 11.4. The minimum Gasteiger partial charge on any atom is -0.493 e. The van der Waals surface area contributed by atoms with E-state index < -0.39 is 9.84 Å². The molecule has 2 unspecified atom stereocenters. The van der Waals surface area contributed by atoms with Gasteiger partial charge in [0.15, 0.2) is 9.84 Å². The summed E-state index contributed by atoms with van der Waals surface area (Å²) in [5, 5.41) is 0. The lowest BCUT2D eigenvalue weighted by Gasteiger charge is -2.17. The van der Waals surface area contributed by atoms with Crippen LogP contribution in [0.2, 0.25) is 0 Å². The molecule has 4 nitrogen and oxygen atoms in total. The Balaban J connectivity index is 1.77. The maximum atomic E-state index is 11.4. The Kier molecular flexibility index (Phi) is 4.86. The first kappa shape index (κ1) is 14.8. The molecule has 106 valence electrons. The highest BCUT2D eigenvalue weighted by Crippen LogP contribution is 2.23. The third kappa shape index (κ3) is 4.47. The van der Waals surface area contributed by atoms with Crippen LogP contribution in [0.4, 0.5) is 0 Å². The molecule has 2 atom stereocenters. The topological polar surface area (TPSA) is 69.4 Å². The van der Waals surface area contributed by atoms with E-state index in [0.29, 0.717) is 19.4 Å². The van der Waals surface area contributed by atoms with Crippen molar-refractivity contribution < 1.29 is 13.2 Å². The number of benzene rings is 1. The Morgan fingerprint density at radius 3 is 2.89 bits per heavy atom. The average Bonchev–Trinajstić information content (AvgIpc) is 2.70. The number of nitrogens with two attached hydrogens (primary N) is 1. The zero-order valence-electron chi connectivity index (χ0n) is 10.6. The summed E-state index contributed by atoms with van der Waals surface area (Å²) in [6.45, 7) is 0.508. The standard InChI is InChI=1S/C13H18BrNO3S/c14-11-2-1-3-12(8-11)18-6-4-13(15)10-5-7-19(16,17)9-10/h1-3,8,10,13H,4-7,9,15H2. The van der Waals surface area contributed by atoms with Crippen molar-refractivity contribution in [2.75, 3.05) is 18.1 Å². The molecule has 0 bridgehead atoms. The Hall–Kier alpha value is -0.590. The lowest BCUT2D eigenvalue weighted by atomic mass is 9.98. The van der Waals surface area contributed by atoms with Gasteiger partial charge in [-0.3, -0.25) is 0 Å². The van der Waals surface area contributed by atoms with Crippen LogP contribution in [0, 0.1) is 5.92 Å². The first-order chi connectivity index (χ1) is 8.96. The van der Waals surface area contributed by atoms with Crippen LogP contribution in [0.15, 0.2) is 28.7 Å². The van der Waals surface area contributed by atoms with E-state index >= 15 is 0 Å². The second-order valence-electron chi connectivity index (χ2n) is 4.92. The van der Waals surface area contributed by atoms with E-state index in [0.717, 1.165) is 10.2 Å². The van der Waals surface area contributed by atoms with Gasteiger partial charge in [0.25, 0.3) is 0 Å². The Morgan fingerprint density at radius 1 is 1.47 bits per heavy atom. The Bertz CT molecular complexity index is 532. The summed E-state index contributed by atoms with van der Waals surface area (Å²) in [5.41, 5.74) is 6.04. The van der Waals surface area contributed by atoms with Crippen LogP contribution in [-0.2, 0) is 9.84 Å². The SMILES string of the molecule is NC(CCOc1cccc(Br)c1)C1CCS(=O)(=O)C1. The highest BCUT2D eigenvalue weighted by atomic mass is 79.9. The zero-order chi connectivity index (χ0) is 13.9. The molecule has 0 aromatic heterocycles. The van der Waals surface area contributed by atoms with E-state index in [1.807, 2.05) is 24.3 Å². The molecule has 1 heterocycles.